The maximum atomic E-state index is 11.7. The molecule has 19 heavy (non-hydrogen) atoms. The van der Waals surface area contributed by atoms with Crippen LogP contribution in [0.2, 0.25) is 0 Å². The largest absolute Gasteiger partial charge is 0.465 e. The maximum Gasteiger partial charge on any atom is 0.338 e. The number of nitro benzene ring substituents is 1. The molecule has 0 N–H and O–H groups in total. The first kappa shape index (κ1) is 12.8. The lowest BCUT2D eigenvalue weighted by molar-refractivity contribution is -0.384. The lowest BCUT2D eigenvalue weighted by atomic mass is 9.99. The van der Waals surface area contributed by atoms with E-state index in [1.807, 2.05) is 0 Å². The van der Waals surface area contributed by atoms with E-state index in [1.54, 1.807) is 36.4 Å². The first-order valence-electron chi connectivity index (χ1n) is 5.55. The summed E-state index contributed by atoms with van der Waals surface area (Å²) >= 11 is 0. The lowest BCUT2D eigenvalue weighted by Gasteiger charge is -2.07. The van der Waals surface area contributed by atoms with Crippen LogP contribution >= 0.6 is 0 Å². The average Bonchev–Trinajstić information content (AvgIpc) is 2.46. The number of rotatable bonds is 3. The third-order valence-electron chi connectivity index (χ3n) is 2.70. The van der Waals surface area contributed by atoms with E-state index in [0.717, 1.165) is 0 Å². The number of nitro groups is 1. The van der Waals surface area contributed by atoms with Crippen molar-refractivity contribution >= 4 is 11.7 Å². The van der Waals surface area contributed by atoms with Gasteiger partial charge in [-0.05, 0) is 17.2 Å². The molecule has 5 nitrogen and oxygen atoms in total. The second kappa shape index (κ2) is 5.30. The topological polar surface area (TPSA) is 69.4 Å². The quantitative estimate of drug-likeness (QED) is 0.481. The predicted octanol–water partition coefficient (Wildman–Crippen LogP) is 3.05. The third kappa shape index (κ3) is 2.60. The Hall–Kier alpha value is -2.69. The van der Waals surface area contributed by atoms with E-state index >= 15 is 0 Å². The van der Waals surface area contributed by atoms with Crippen LogP contribution in [0.5, 0.6) is 0 Å². The van der Waals surface area contributed by atoms with Gasteiger partial charge in [0, 0.05) is 12.1 Å². The van der Waals surface area contributed by atoms with Crippen molar-refractivity contribution in [2.75, 3.05) is 7.11 Å². The van der Waals surface area contributed by atoms with E-state index in [4.69, 9.17) is 4.74 Å². The molecule has 2 rings (SSSR count). The van der Waals surface area contributed by atoms with Crippen molar-refractivity contribution in [2.24, 2.45) is 0 Å². The molecule has 5 heteroatoms. The molecule has 0 bridgehead atoms. The average molecular weight is 257 g/mol. The van der Waals surface area contributed by atoms with Crippen LogP contribution in [-0.2, 0) is 4.74 Å². The number of esters is 1. The van der Waals surface area contributed by atoms with Gasteiger partial charge in [0.2, 0.25) is 0 Å². The van der Waals surface area contributed by atoms with Crippen molar-refractivity contribution in [3.05, 3.63) is 64.2 Å². The van der Waals surface area contributed by atoms with E-state index in [-0.39, 0.29) is 5.69 Å². The number of benzene rings is 2. The second-order valence-corrected chi connectivity index (χ2v) is 3.84. The highest BCUT2D eigenvalue weighted by molar-refractivity contribution is 5.97. The summed E-state index contributed by atoms with van der Waals surface area (Å²) in [6, 6.07) is 13.0. The molecule has 0 fully saturated rings. The zero-order valence-electron chi connectivity index (χ0n) is 10.2. The fraction of sp³-hybridized carbons (Fsp3) is 0.0714. The van der Waals surface area contributed by atoms with Crippen molar-refractivity contribution < 1.29 is 14.5 Å². The number of non-ortho nitro benzene ring substituents is 1. The standard InChI is InChI=1S/C14H11NO4/c1-19-14(16)13-8-3-2-7-12(13)10-5-4-6-11(9-10)15(17)18/h2-9H,1H3. The van der Waals surface area contributed by atoms with Crippen LogP contribution < -0.4 is 0 Å². The van der Waals surface area contributed by atoms with E-state index in [1.165, 1.54) is 19.2 Å². The summed E-state index contributed by atoms with van der Waals surface area (Å²) in [6.07, 6.45) is 0. The molecule has 0 saturated heterocycles. The molecule has 0 heterocycles. The van der Waals surface area contributed by atoms with Gasteiger partial charge in [-0.25, -0.2) is 4.79 Å². The summed E-state index contributed by atoms with van der Waals surface area (Å²) < 4.78 is 4.70. The Morgan fingerprint density at radius 1 is 1.16 bits per heavy atom. The van der Waals surface area contributed by atoms with Crippen molar-refractivity contribution in [2.45, 2.75) is 0 Å². The molecule has 0 aliphatic rings. The molecule has 2 aromatic carbocycles. The van der Waals surface area contributed by atoms with Crippen LogP contribution in [0.4, 0.5) is 5.69 Å². The SMILES string of the molecule is COC(=O)c1ccccc1-c1cccc([N+](=O)[O-])c1. The highest BCUT2D eigenvalue weighted by Gasteiger charge is 2.14. The minimum absolute atomic E-state index is 0.0165. The minimum Gasteiger partial charge on any atom is -0.465 e. The monoisotopic (exact) mass is 257 g/mol. The zero-order chi connectivity index (χ0) is 13.8. The van der Waals surface area contributed by atoms with Crippen LogP contribution in [-0.4, -0.2) is 18.0 Å². The highest BCUT2D eigenvalue weighted by Crippen LogP contribution is 2.27. The predicted molar refractivity (Wildman–Crippen MR) is 69.9 cm³/mol. The molecule has 0 aliphatic carbocycles. The third-order valence-corrected chi connectivity index (χ3v) is 2.70. The lowest BCUT2D eigenvalue weighted by Crippen LogP contribution is -2.03. The molecule has 2 aromatic rings. The number of ether oxygens (including phenoxy) is 1. The van der Waals surface area contributed by atoms with E-state index < -0.39 is 10.9 Å². The number of hydrogen-bond acceptors (Lipinski definition) is 4. The highest BCUT2D eigenvalue weighted by atomic mass is 16.6. The van der Waals surface area contributed by atoms with Crippen LogP contribution in [0.3, 0.4) is 0 Å². The van der Waals surface area contributed by atoms with Gasteiger partial charge in [0.25, 0.3) is 5.69 Å². The smallest absolute Gasteiger partial charge is 0.338 e. The summed E-state index contributed by atoms with van der Waals surface area (Å²) in [5, 5.41) is 10.8. The van der Waals surface area contributed by atoms with Gasteiger partial charge in [0.15, 0.2) is 0 Å². The number of methoxy groups -OCH3 is 1. The summed E-state index contributed by atoms with van der Waals surface area (Å²) in [4.78, 5) is 22.0. The maximum absolute atomic E-state index is 11.7. The van der Waals surface area contributed by atoms with E-state index in [2.05, 4.69) is 0 Å². The van der Waals surface area contributed by atoms with Crippen molar-refractivity contribution in [3.63, 3.8) is 0 Å². The molecule has 0 radical (unpaired) electrons. The number of hydrogen-bond donors (Lipinski definition) is 0. The molecule has 0 spiro atoms. The Morgan fingerprint density at radius 2 is 1.89 bits per heavy atom. The number of carbonyl (C=O) groups excluding carboxylic acids is 1. The van der Waals surface area contributed by atoms with E-state index in [0.29, 0.717) is 16.7 Å². The number of nitrogens with zero attached hydrogens (tertiary/aromatic N) is 1. The molecular formula is C14H11NO4. The van der Waals surface area contributed by atoms with Gasteiger partial charge in [-0.2, -0.15) is 0 Å². The minimum atomic E-state index is -0.470. The van der Waals surface area contributed by atoms with Crippen LogP contribution in [0, 0.1) is 10.1 Å². The van der Waals surface area contributed by atoms with Crippen molar-refractivity contribution in [1.29, 1.82) is 0 Å². The molecule has 0 amide bonds. The summed E-state index contributed by atoms with van der Waals surface area (Å²) in [5.74, 6) is -0.470. The van der Waals surface area contributed by atoms with Gasteiger partial charge in [-0.1, -0.05) is 30.3 Å². The summed E-state index contributed by atoms with van der Waals surface area (Å²) in [7, 11) is 1.30. The molecule has 96 valence electrons. The Labute approximate surface area is 109 Å². The summed E-state index contributed by atoms with van der Waals surface area (Å²) in [5.41, 5.74) is 1.58. The molecule has 0 unspecified atom stereocenters. The Balaban J connectivity index is 2.56. The van der Waals surface area contributed by atoms with E-state index in [9.17, 15) is 14.9 Å². The fourth-order valence-electron chi connectivity index (χ4n) is 1.81. The van der Waals surface area contributed by atoms with Crippen LogP contribution in [0.1, 0.15) is 10.4 Å². The number of carbonyl (C=O) groups is 1. The second-order valence-electron chi connectivity index (χ2n) is 3.84. The first-order valence-corrected chi connectivity index (χ1v) is 5.55. The Morgan fingerprint density at radius 3 is 2.58 bits per heavy atom. The Bertz CT molecular complexity index is 637. The van der Waals surface area contributed by atoms with Crippen LogP contribution in [0.25, 0.3) is 11.1 Å². The molecule has 0 atom stereocenters. The van der Waals surface area contributed by atoms with Gasteiger partial charge >= 0.3 is 5.97 Å². The summed E-state index contributed by atoms with van der Waals surface area (Å²) in [6.45, 7) is 0. The van der Waals surface area contributed by atoms with Crippen molar-refractivity contribution in [1.82, 2.24) is 0 Å². The molecule has 0 saturated carbocycles. The molecular weight excluding hydrogens is 246 g/mol. The van der Waals surface area contributed by atoms with Gasteiger partial charge in [-0.15, -0.1) is 0 Å². The fourth-order valence-corrected chi connectivity index (χ4v) is 1.81. The first-order chi connectivity index (χ1) is 9.13. The van der Waals surface area contributed by atoms with Gasteiger partial charge in [0.05, 0.1) is 17.6 Å². The molecule has 0 aromatic heterocycles. The van der Waals surface area contributed by atoms with Gasteiger partial charge < -0.3 is 4.74 Å². The van der Waals surface area contributed by atoms with Gasteiger partial charge in [0.1, 0.15) is 0 Å². The van der Waals surface area contributed by atoms with Crippen LogP contribution in [0.15, 0.2) is 48.5 Å². The Kier molecular flexibility index (Phi) is 3.56. The zero-order valence-corrected chi connectivity index (χ0v) is 10.2. The van der Waals surface area contributed by atoms with Crippen molar-refractivity contribution in [3.8, 4) is 11.1 Å². The normalized spacial score (nSPS) is 9.95. The molecule has 0 aliphatic heterocycles. The van der Waals surface area contributed by atoms with Gasteiger partial charge in [-0.3, -0.25) is 10.1 Å².